The van der Waals surface area contributed by atoms with Crippen LogP contribution in [0.5, 0.6) is 5.75 Å². The van der Waals surface area contributed by atoms with Crippen LogP contribution in [0.3, 0.4) is 0 Å². The third kappa shape index (κ3) is 5.87. The van der Waals surface area contributed by atoms with E-state index in [4.69, 9.17) is 10.5 Å². The zero-order valence-corrected chi connectivity index (χ0v) is 13.1. The van der Waals surface area contributed by atoms with Crippen molar-refractivity contribution in [2.24, 2.45) is 11.7 Å². The third-order valence-electron chi connectivity index (χ3n) is 3.75. The Morgan fingerprint density at radius 2 is 2.05 bits per heavy atom. The Hall–Kier alpha value is -1.36. The lowest BCUT2D eigenvalue weighted by Gasteiger charge is -2.20. The van der Waals surface area contributed by atoms with Crippen molar-refractivity contribution in [2.45, 2.75) is 37.9 Å². The minimum Gasteiger partial charge on any atom is -0.484 e. The maximum absolute atomic E-state index is 12.3. The topological polar surface area (TPSA) is 69.4 Å². The lowest BCUT2D eigenvalue weighted by Crippen LogP contribution is -2.20. The third-order valence-corrected chi connectivity index (χ3v) is 5.25. The second-order valence-corrected chi connectivity index (χ2v) is 7.16. The molecule has 21 heavy (non-hydrogen) atoms. The molecule has 0 spiro atoms. The second-order valence-electron chi connectivity index (χ2n) is 5.66. The van der Waals surface area contributed by atoms with Crippen LogP contribution in [-0.2, 0) is 21.3 Å². The molecule has 1 atom stereocenters. The van der Waals surface area contributed by atoms with Gasteiger partial charge in [-0.25, -0.2) is 0 Å². The number of primary amides is 1. The number of ether oxygens (including phenoxy) is 1. The van der Waals surface area contributed by atoms with Gasteiger partial charge in [0, 0.05) is 22.3 Å². The highest BCUT2D eigenvalue weighted by Gasteiger charge is 2.16. The van der Waals surface area contributed by atoms with Crippen LogP contribution in [0.4, 0.5) is 0 Å². The van der Waals surface area contributed by atoms with Gasteiger partial charge in [0.2, 0.25) is 0 Å². The standard InChI is InChI=1S/C16H23NO3S/c17-16(18)10-20-15-8-4-7-14(9-15)12-21(19)11-13-5-2-1-3-6-13/h4,7-9,13H,1-3,5-6,10-12H2,(H2,17,18)/t21-/m0/s1. The van der Waals surface area contributed by atoms with Crippen molar-refractivity contribution in [2.75, 3.05) is 12.4 Å². The molecular formula is C16H23NO3S. The molecule has 1 amide bonds. The quantitative estimate of drug-likeness (QED) is 0.840. The molecule has 1 aromatic carbocycles. The molecular weight excluding hydrogens is 286 g/mol. The number of hydrogen-bond acceptors (Lipinski definition) is 3. The molecule has 1 aliphatic rings. The summed E-state index contributed by atoms with van der Waals surface area (Å²) in [7, 11) is -0.837. The largest absolute Gasteiger partial charge is 0.484 e. The van der Waals surface area contributed by atoms with E-state index < -0.39 is 16.7 Å². The highest BCUT2D eigenvalue weighted by Crippen LogP contribution is 2.25. The summed E-state index contributed by atoms with van der Waals surface area (Å²) in [6.45, 7) is -0.130. The summed E-state index contributed by atoms with van der Waals surface area (Å²) in [5, 5.41) is 0. The fraction of sp³-hybridized carbons (Fsp3) is 0.562. The van der Waals surface area contributed by atoms with Gasteiger partial charge in [0.1, 0.15) is 5.75 Å². The molecule has 1 aliphatic carbocycles. The van der Waals surface area contributed by atoms with E-state index in [-0.39, 0.29) is 6.61 Å². The number of carbonyl (C=O) groups is 1. The van der Waals surface area contributed by atoms with E-state index in [2.05, 4.69) is 0 Å². The molecule has 0 bridgehead atoms. The summed E-state index contributed by atoms with van der Waals surface area (Å²) in [5.74, 6) is 2.06. The van der Waals surface area contributed by atoms with Gasteiger partial charge in [-0.3, -0.25) is 9.00 Å². The maximum Gasteiger partial charge on any atom is 0.255 e. The number of carbonyl (C=O) groups excluding carboxylic acids is 1. The molecule has 1 saturated carbocycles. The van der Waals surface area contributed by atoms with Gasteiger partial charge < -0.3 is 10.5 Å². The van der Waals surface area contributed by atoms with Crippen molar-refractivity contribution in [1.82, 2.24) is 0 Å². The average Bonchev–Trinajstić information content (AvgIpc) is 2.46. The van der Waals surface area contributed by atoms with E-state index in [0.29, 0.717) is 17.4 Å². The molecule has 0 unspecified atom stereocenters. The molecule has 0 radical (unpaired) electrons. The zero-order chi connectivity index (χ0) is 15.1. The highest BCUT2D eigenvalue weighted by atomic mass is 32.2. The maximum atomic E-state index is 12.3. The van der Waals surface area contributed by atoms with E-state index in [1.807, 2.05) is 18.2 Å². The number of hydrogen-bond donors (Lipinski definition) is 1. The van der Waals surface area contributed by atoms with Crippen LogP contribution >= 0.6 is 0 Å². The smallest absolute Gasteiger partial charge is 0.255 e. The van der Waals surface area contributed by atoms with Crippen LogP contribution in [0.15, 0.2) is 24.3 Å². The van der Waals surface area contributed by atoms with Crippen LogP contribution in [-0.4, -0.2) is 22.5 Å². The lowest BCUT2D eigenvalue weighted by molar-refractivity contribution is -0.119. The number of rotatable bonds is 7. The fourth-order valence-corrected chi connectivity index (χ4v) is 4.27. The molecule has 0 aromatic heterocycles. The Bertz CT molecular complexity index is 498. The van der Waals surface area contributed by atoms with Crippen LogP contribution in [0, 0.1) is 5.92 Å². The van der Waals surface area contributed by atoms with Gasteiger partial charge in [-0.15, -0.1) is 0 Å². The second kappa shape index (κ2) is 8.17. The Morgan fingerprint density at radius 3 is 2.76 bits per heavy atom. The van der Waals surface area contributed by atoms with E-state index in [1.165, 1.54) is 32.1 Å². The van der Waals surface area contributed by atoms with Gasteiger partial charge in [-0.2, -0.15) is 0 Å². The van der Waals surface area contributed by atoms with Crippen molar-refractivity contribution in [3.8, 4) is 5.75 Å². The Kier molecular flexibility index (Phi) is 6.23. The van der Waals surface area contributed by atoms with E-state index >= 15 is 0 Å². The first-order valence-electron chi connectivity index (χ1n) is 7.48. The molecule has 2 N–H and O–H groups in total. The monoisotopic (exact) mass is 309 g/mol. The number of amides is 1. The Morgan fingerprint density at radius 1 is 1.29 bits per heavy atom. The van der Waals surface area contributed by atoms with Gasteiger partial charge in [-0.1, -0.05) is 31.4 Å². The number of nitrogens with two attached hydrogens (primary N) is 1. The van der Waals surface area contributed by atoms with Crippen LogP contribution < -0.4 is 10.5 Å². The van der Waals surface area contributed by atoms with Crippen LogP contribution in [0.2, 0.25) is 0 Å². The van der Waals surface area contributed by atoms with Gasteiger partial charge in [0.05, 0.1) is 0 Å². The van der Waals surface area contributed by atoms with Gasteiger partial charge in [0.25, 0.3) is 5.91 Å². The molecule has 4 nitrogen and oxygen atoms in total. The van der Waals surface area contributed by atoms with Gasteiger partial charge in [0.15, 0.2) is 6.61 Å². The first kappa shape index (κ1) is 16.0. The first-order chi connectivity index (χ1) is 10.1. The summed E-state index contributed by atoms with van der Waals surface area (Å²) in [6.07, 6.45) is 6.31. The minimum absolute atomic E-state index is 0.130. The van der Waals surface area contributed by atoms with Crippen molar-refractivity contribution in [1.29, 1.82) is 0 Å². The predicted octanol–water partition coefficient (Wildman–Crippen LogP) is 2.38. The Balaban J connectivity index is 1.85. The zero-order valence-electron chi connectivity index (χ0n) is 12.3. The lowest BCUT2D eigenvalue weighted by atomic mass is 9.91. The van der Waals surface area contributed by atoms with Crippen molar-refractivity contribution in [3.63, 3.8) is 0 Å². The first-order valence-corrected chi connectivity index (χ1v) is 8.97. The summed E-state index contributed by atoms with van der Waals surface area (Å²) < 4.78 is 17.5. The van der Waals surface area contributed by atoms with E-state index in [0.717, 1.165) is 11.3 Å². The number of benzene rings is 1. The highest BCUT2D eigenvalue weighted by molar-refractivity contribution is 7.84. The predicted molar refractivity (Wildman–Crippen MR) is 84.4 cm³/mol. The van der Waals surface area contributed by atoms with Crippen molar-refractivity contribution in [3.05, 3.63) is 29.8 Å². The molecule has 2 rings (SSSR count). The average molecular weight is 309 g/mol. The van der Waals surface area contributed by atoms with E-state index in [9.17, 15) is 9.00 Å². The molecule has 5 heteroatoms. The molecule has 1 aromatic rings. The molecule has 0 saturated heterocycles. The van der Waals surface area contributed by atoms with Crippen LogP contribution in [0.25, 0.3) is 0 Å². The molecule has 0 heterocycles. The summed E-state index contributed by atoms with van der Waals surface area (Å²) in [4.78, 5) is 10.7. The van der Waals surface area contributed by atoms with E-state index in [1.54, 1.807) is 6.07 Å². The summed E-state index contributed by atoms with van der Waals surface area (Å²) in [6, 6.07) is 7.40. The molecule has 0 aliphatic heterocycles. The van der Waals surface area contributed by atoms with Gasteiger partial charge >= 0.3 is 0 Å². The fourth-order valence-electron chi connectivity index (χ4n) is 2.74. The van der Waals surface area contributed by atoms with Crippen LogP contribution in [0.1, 0.15) is 37.7 Å². The van der Waals surface area contributed by atoms with Crippen molar-refractivity contribution >= 4 is 16.7 Å². The normalized spacial score (nSPS) is 17.3. The summed E-state index contributed by atoms with van der Waals surface area (Å²) in [5.41, 5.74) is 6.03. The SMILES string of the molecule is NC(=O)COc1cccc(C[S@@](=O)CC2CCCCC2)c1. The summed E-state index contributed by atoms with van der Waals surface area (Å²) >= 11 is 0. The Labute approximate surface area is 128 Å². The molecule has 116 valence electrons. The molecule has 1 fully saturated rings. The minimum atomic E-state index is -0.837. The van der Waals surface area contributed by atoms with Crippen molar-refractivity contribution < 1.29 is 13.7 Å². The van der Waals surface area contributed by atoms with Gasteiger partial charge in [-0.05, 0) is 36.5 Å².